The van der Waals surface area contributed by atoms with Gasteiger partial charge in [0.05, 0.1) is 0 Å². The van der Waals surface area contributed by atoms with Crippen molar-refractivity contribution in [2.75, 3.05) is 6.26 Å². The molecule has 134 valence electrons. The molecule has 1 atom stereocenters. The molecule has 5 nitrogen and oxygen atoms in total. The highest BCUT2D eigenvalue weighted by Crippen LogP contribution is 2.24. The van der Waals surface area contributed by atoms with Crippen LogP contribution in [-0.2, 0) is 0 Å². The molecule has 3 rings (SSSR count). The van der Waals surface area contributed by atoms with Crippen LogP contribution in [0.25, 0.3) is 11.1 Å². The van der Waals surface area contributed by atoms with Crippen molar-refractivity contribution in [3.05, 3.63) is 65.8 Å². The molecule has 1 amide bonds. The molecule has 3 aromatic rings. The third kappa shape index (κ3) is 4.14. The highest BCUT2D eigenvalue weighted by atomic mass is 32.2. The summed E-state index contributed by atoms with van der Waals surface area (Å²) in [6.07, 6.45) is 2.72. The quantitative estimate of drug-likeness (QED) is 0.642. The van der Waals surface area contributed by atoms with Crippen LogP contribution in [0.4, 0.5) is 0 Å². The maximum atomic E-state index is 12.7. The summed E-state index contributed by atoms with van der Waals surface area (Å²) in [6, 6.07) is 15.6. The number of aryl methyl sites for hydroxylation is 1. The second kappa shape index (κ2) is 8.19. The lowest BCUT2D eigenvalue weighted by atomic mass is 10.0. The Morgan fingerprint density at radius 2 is 1.96 bits per heavy atom. The van der Waals surface area contributed by atoms with Gasteiger partial charge >= 0.3 is 0 Å². The van der Waals surface area contributed by atoms with Crippen molar-refractivity contribution in [3.63, 3.8) is 0 Å². The number of hydrogen-bond acceptors (Lipinski definition) is 5. The van der Waals surface area contributed by atoms with Gasteiger partial charge in [0.15, 0.2) is 5.82 Å². The second-order valence-corrected chi connectivity index (χ2v) is 6.80. The average molecular weight is 367 g/mol. The second-order valence-electron chi connectivity index (χ2n) is 5.92. The van der Waals surface area contributed by atoms with Gasteiger partial charge in [0.1, 0.15) is 6.04 Å². The van der Waals surface area contributed by atoms with Crippen LogP contribution in [0.15, 0.2) is 57.9 Å². The number of carbonyl (C=O) groups excluding carboxylic acids is 1. The fourth-order valence-corrected chi connectivity index (χ4v) is 3.07. The average Bonchev–Trinajstić information content (AvgIpc) is 3.12. The number of aromatic nitrogens is 2. The van der Waals surface area contributed by atoms with Gasteiger partial charge in [-0.1, -0.05) is 36.3 Å². The molecule has 1 heterocycles. The molecule has 0 fully saturated rings. The minimum absolute atomic E-state index is 0.157. The van der Waals surface area contributed by atoms with E-state index in [1.807, 2.05) is 25.1 Å². The lowest BCUT2D eigenvalue weighted by Gasteiger charge is -2.13. The molecule has 0 aliphatic rings. The van der Waals surface area contributed by atoms with Gasteiger partial charge in [-0.2, -0.15) is 4.98 Å². The first kappa shape index (κ1) is 18.2. The Hall–Kier alpha value is -2.60. The van der Waals surface area contributed by atoms with Crippen LogP contribution in [-0.4, -0.2) is 22.3 Å². The Bertz CT molecular complexity index is 890. The van der Waals surface area contributed by atoms with E-state index >= 15 is 0 Å². The molecular weight excluding hydrogens is 346 g/mol. The maximum Gasteiger partial charge on any atom is 0.251 e. The number of nitrogens with zero attached hydrogens (tertiary/aromatic N) is 2. The van der Waals surface area contributed by atoms with Crippen molar-refractivity contribution < 1.29 is 9.32 Å². The van der Waals surface area contributed by atoms with Crippen molar-refractivity contribution in [2.45, 2.75) is 31.2 Å². The molecule has 1 aromatic heterocycles. The van der Waals surface area contributed by atoms with Crippen molar-refractivity contribution in [1.82, 2.24) is 15.5 Å². The van der Waals surface area contributed by atoms with Crippen LogP contribution in [0, 0.1) is 6.92 Å². The lowest BCUT2D eigenvalue weighted by Crippen LogP contribution is -2.28. The van der Waals surface area contributed by atoms with E-state index in [1.165, 1.54) is 4.90 Å². The number of rotatable bonds is 6. The Morgan fingerprint density at radius 1 is 1.19 bits per heavy atom. The summed E-state index contributed by atoms with van der Waals surface area (Å²) in [6.45, 7) is 3.72. The Morgan fingerprint density at radius 3 is 2.58 bits per heavy atom. The molecule has 0 radical (unpaired) electrons. The van der Waals surface area contributed by atoms with Gasteiger partial charge in [-0.05, 0) is 55.0 Å². The van der Waals surface area contributed by atoms with E-state index in [0.29, 0.717) is 23.7 Å². The summed E-state index contributed by atoms with van der Waals surface area (Å²) in [5, 5.41) is 6.77. The van der Waals surface area contributed by atoms with Crippen molar-refractivity contribution in [2.24, 2.45) is 0 Å². The summed E-state index contributed by atoms with van der Waals surface area (Å²) in [5.41, 5.74) is 2.69. The number of amides is 1. The summed E-state index contributed by atoms with van der Waals surface area (Å²) < 4.78 is 5.19. The van der Waals surface area contributed by atoms with E-state index < -0.39 is 0 Å². The minimum Gasteiger partial charge on any atom is -0.340 e. The first-order chi connectivity index (χ1) is 12.6. The lowest BCUT2D eigenvalue weighted by molar-refractivity contribution is 0.0927. The molecule has 0 saturated carbocycles. The van der Waals surface area contributed by atoms with Crippen molar-refractivity contribution in [1.29, 1.82) is 0 Å². The number of carbonyl (C=O) groups is 1. The van der Waals surface area contributed by atoms with Gasteiger partial charge in [-0.15, -0.1) is 11.8 Å². The van der Waals surface area contributed by atoms with Gasteiger partial charge in [-0.25, -0.2) is 0 Å². The first-order valence-electron chi connectivity index (χ1n) is 8.46. The largest absolute Gasteiger partial charge is 0.340 e. The van der Waals surface area contributed by atoms with E-state index in [-0.39, 0.29) is 11.9 Å². The molecule has 1 unspecified atom stereocenters. The van der Waals surface area contributed by atoms with Gasteiger partial charge in [0.25, 0.3) is 5.91 Å². The van der Waals surface area contributed by atoms with Crippen molar-refractivity contribution in [3.8, 4) is 11.1 Å². The molecule has 1 N–H and O–H groups in total. The van der Waals surface area contributed by atoms with Gasteiger partial charge in [-0.3, -0.25) is 4.79 Å². The molecule has 6 heteroatoms. The Labute approximate surface area is 157 Å². The van der Waals surface area contributed by atoms with Gasteiger partial charge < -0.3 is 9.84 Å². The number of thioether (sulfide) groups is 1. The van der Waals surface area contributed by atoms with Gasteiger partial charge in [0.2, 0.25) is 5.89 Å². The highest BCUT2D eigenvalue weighted by Gasteiger charge is 2.19. The van der Waals surface area contributed by atoms with E-state index in [0.717, 1.165) is 11.1 Å². The van der Waals surface area contributed by atoms with Crippen LogP contribution >= 0.6 is 11.8 Å². The summed E-state index contributed by atoms with van der Waals surface area (Å²) >= 11 is 1.71. The molecule has 0 bridgehead atoms. The monoisotopic (exact) mass is 367 g/mol. The van der Waals surface area contributed by atoms with Crippen LogP contribution in [0.2, 0.25) is 0 Å². The maximum absolute atomic E-state index is 12.7. The molecule has 0 saturated heterocycles. The van der Waals surface area contributed by atoms with Crippen LogP contribution in [0.5, 0.6) is 0 Å². The normalized spacial score (nSPS) is 12.0. The summed E-state index contributed by atoms with van der Waals surface area (Å²) in [5.74, 6) is 0.834. The van der Waals surface area contributed by atoms with E-state index in [4.69, 9.17) is 4.52 Å². The summed E-state index contributed by atoms with van der Waals surface area (Å²) in [7, 11) is 0. The molecule has 26 heavy (non-hydrogen) atoms. The van der Waals surface area contributed by atoms with Crippen LogP contribution in [0.3, 0.4) is 0 Å². The Kier molecular flexibility index (Phi) is 5.73. The predicted octanol–water partition coefficient (Wildman–Crippen LogP) is 4.65. The molecule has 2 aromatic carbocycles. The number of hydrogen-bond donors (Lipinski definition) is 1. The van der Waals surface area contributed by atoms with Gasteiger partial charge in [0, 0.05) is 10.5 Å². The number of benzene rings is 2. The SMILES string of the molecule is CCC(NC(=O)c1cccc(-c2ccc(SC)cc2)c1)c1nc(C)no1. The smallest absolute Gasteiger partial charge is 0.251 e. The fraction of sp³-hybridized carbons (Fsp3) is 0.250. The summed E-state index contributed by atoms with van der Waals surface area (Å²) in [4.78, 5) is 18.1. The standard InChI is InChI=1S/C20H21N3O2S/c1-4-18(20-21-13(2)23-25-20)22-19(24)16-7-5-6-15(12-16)14-8-10-17(26-3)11-9-14/h5-12,18H,4H2,1-3H3,(H,22,24). The van der Waals surface area contributed by atoms with Crippen LogP contribution < -0.4 is 5.32 Å². The molecule has 0 spiro atoms. The number of nitrogens with one attached hydrogen (secondary N) is 1. The van der Waals surface area contributed by atoms with E-state index in [1.54, 1.807) is 24.8 Å². The van der Waals surface area contributed by atoms with Crippen molar-refractivity contribution >= 4 is 17.7 Å². The van der Waals surface area contributed by atoms with Crippen LogP contribution in [0.1, 0.15) is 41.5 Å². The predicted molar refractivity (Wildman–Crippen MR) is 103 cm³/mol. The first-order valence-corrected chi connectivity index (χ1v) is 9.68. The third-order valence-electron chi connectivity index (χ3n) is 4.10. The van der Waals surface area contributed by atoms with E-state index in [9.17, 15) is 4.79 Å². The molecule has 0 aliphatic carbocycles. The van der Waals surface area contributed by atoms with E-state index in [2.05, 4.69) is 46.0 Å². The Balaban J connectivity index is 1.79. The topological polar surface area (TPSA) is 68.0 Å². The zero-order valence-corrected chi connectivity index (χ0v) is 15.8. The third-order valence-corrected chi connectivity index (χ3v) is 4.85. The fourth-order valence-electron chi connectivity index (χ4n) is 2.66. The zero-order chi connectivity index (χ0) is 18.5. The molecule has 0 aliphatic heterocycles. The molecular formula is C20H21N3O2S. The minimum atomic E-state index is -0.298. The highest BCUT2D eigenvalue weighted by molar-refractivity contribution is 7.98. The zero-order valence-electron chi connectivity index (χ0n) is 15.0.